The van der Waals surface area contributed by atoms with E-state index in [0.717, 1.165) is 11.3 Å². The molecule has 3 heteroatoms. The van der Waals surface area contributed by atoms with E-state index in [0.29, 0.717) is 11.3 Å². The standard InChI is InChI=1S/C18H13FN2/c19-18-13-16(21-20-15-9-5-2-6-10-15)11-12-17(18)14-7-3-1-4-8-14/h1-13H. The van der Waals surface area contributed by atoms with Crippen molar-refractivity contribution >= 4 is 11.4 Å². The Kier molecular flexibility index (Phi) is 3.83. The fourth-order valence-corrected chi connectivity index (χ4v) is 2.03. The Labute approximate surface area is 122 Å². The summed E-state index contributed by atoms with van der Waals surface area (Å²) in [5.74, 6) is -0.300. The second kappa shape index (κ2) is 6.09. The number of nitrogens with zero attached hydrogens (tertiary/aromatic N) is 2. The quantitative estimate of drug-likeness (QED) is 0.531. The molecular weight excluding hydrogens is 263 g/mol. The van der Waals surface area contributed by atoms with Gasteiger partial charge in [-0.2, -0.15) is 10.2 Å². The molecule has 3 rings (SSSR count). The van der Waals surface area contributed by atoms with E-state index in [1.165, 1.54) is 6.07 Å². The summed E-state index contributed by atoms with van der Waals surface area (Å²) in [6.45, 7) is 0. The molecule has 3 aromatic rings. The molecule has 0 unspecified atom stereocenters. The molecule has 0 radical (unpaired) electrons. The Morgan fingerprint density at radius 3 is 1.90 bits per heavy atom. The molecule has 0 heterocycles. The lowest BCUT2D eigenvalue weighted by molar-refractivity contribution is 0.631. The van der Waals surface area contributed by atoms with Crippen LogP contribution in [0.1, 0.15) is 0 Å². The van der Waals surface area contributed by atoms with Crippen LogP contribution in [0, 0.1) is 5.82 Å². The van der Waals surface area contributed by atoms with Gasteiger partial charge in [0.2, 0.25) is 0 Å². The lowest BCUT2D eigenvalue weighted by Crippen LogP contribution is -1.83. The van der Waals surface area contributed by atoms with Crippen LogP contribution in [-0.4, -0.2) is 0 Å². The molecule has 0 aromatic heterocycles. The molecule has 3 aromatic carbocycles. The largest absolute Gasteiger partial charge is 0.206 e. The summed E-state index contributed by atoms with van der Waals surface area (Å²) in [6, 6.07) is 23.7. The summed E-state index contributed by atoms with van der Waals surface area (Å²) in [5.41, 5.74) is 2.65. The molecule has 0 saturated carbocycles. The third kappa shape index (κ3) is 3.20. The van der Waals surface area contributed by atoms with E-state index in [4.69, 9.17) is 0 Å². The van der Waals surface area contributed by atoms with Crippen LogP contribution in [0.5, 0.6) is 0 Å². The van der Waals surface area contributed by atoms with Crippen LogP contribution in [0.15, 0.2) is 89.1 Å². The zero-order valence-corrected chi connectivity index (χ0v) is 11.3. The minimum absolute atomic E-state index is 0.300. The molecule has 0 fully saturated rings. The predicted molar refractivity (Wildman–Crippen MR) is 82.5 cm³/mol. The van der Waals surface area contributed by atoms with Crippen LogP contribution in [0.3, 0.4) is 0 Å². The van der Waals surface area contributed by atoms with Gasteiger partial charge in [0.25, 0.3) is 0 Å². The van der Waals surface area contributed by atoms with Gasteiger partial charge in [0, 0.05) is 11.6 Å². The van der Waals surface area contributed by atoms with E-state index in [1.54, 1.807) is 12.1 Å². The highest BCUT2D eigenvalue weighted by Gasteiger charge is 2.05. The molecule has 0 aliphatic carbocycles. The molecule has 21 heavy (non-hydrogen) atoms. The highest BCUT2D eigenvalue weighted by molar-refractivity contribution is 5.66. The predicted octanol–water partition coefficient (Wildman–Crippen LogP) is 5.91. The van der Waals surface area contributed by atoms with Gasteiger partial charge in [0.05, 0.1) is 11.4 Å². The van der Waals surface area contributed by atoms with Gasteiger partial charge < -0.3 is 0 Å². The number of rotatable bonds is 3. The van der Waals surface area contributed by atoms with Crippen LogP contribution in [-0.2, 0) is 0 Å². The highest BCUT2D eigenvalue weighted by atomic mass is 19.1. The number of hydrogen-bond acceptors (Lipinski definition) is 2. The summed E-state index contributed by atoms with van der Waals surface area (Å²) in [5, 5.41) is 8.14. The van der Waals surface area contributed by atoms with E-state index in [1.807, 2.05) is 60.7 Å². The maximum Gasteiger partial charge on any atom is 0.133 e. The van der Waals surface area contributed by atoms with Crippen molar-refractivity contribution < 1.29 is 4.39 Å². The van der Waals surface area contributed by atoms with Crippen molar-refractivity contribution in [1.82, 2.24) is 0 Å². The van der Waals surface area contributed by atoms with Gasteiger partial charge in [0.15, 0.2) is 0 Å². The van der Waals surface area contributed by atoms with Crippen LogP contribution < -0.4 is 0 Å². The van der Waals surface area contributed by atoms with E-state index >= 15 is 0 Å². The van der Waals surface area contributed by atoms with Crippen molar-refractivity contribution in [3.63, 3.8) is 0 Å². The molecule has 0 saturated heterocycles. The number of hydrogen-bond donors (Lipinski definition) is 0. The minimum atomic E-state index is -0.300. The second-order valence-electron chi connectivity index (χ2n) is 4.57. The number of azo groups is 1. The Morgan fingerprint density at radius 2 is 1.24 bits per heavy atom. The van der Waals surface area contributed by atoms with Crippen molar-refractivity contribution in [1.29, 1.82) is 0 Å². The van der Waals surface area contributed by atoms with Gasteiger partial charge in [-0.15, -0.1) is 0 Å². The van der Waals surface area contributed by atoms with E-state index in [2.05, 4.69) is 10.2 Å². The average molecular weight is 276 g/mol. The van der Waals surface area contributed by atoms with Crippen molar-refractivity contribution in [2.75, 3.05) is 0 Å². The molecule has 2 nitrogen and oxygen atoms in total. The first-order chi connectivity index (χ1) is 10.3. The lowest BCUT2D eigenvalue weighted by atomic mass is 10.1. The molecule has 0 bridgehead atoms. The topological polar surface area (TPSA) is 24.7 Å². The fraction of sp³-hybridized carbons (Fsp3) is 0. The number of benzene rings is 3. The Hall–Kier alpha value is -2.81. The zero-order chi connectivity index (χ0) is 14.5. The molecular formula is C18H13FN2. The van der Waals surface area contributed by atoms with Crippen LogP contribution in [0.2, 0.25) is 0 Å². The molecule has 0 atom stereocenters. The van der Waals surface area contributed by atoms with Crippen molar-refractivity contribution in [2.24, 2.45) is 10.2 Å². The first-order valence-electron chi connectivity index (χ1n) is 6.65. The first kappa shape index (κ1) is 13.2. The summed E-state index contributed by atoms with van der Waals surface area (Å²) in [4.78, 5) is 0. The Morgan fingerprint density at radius 1 is 0.619 bits per heavy atom. The van der Waals surface area contributed by atoms with E-state index in [9.17, 15) is 4.39 Å². The molecule has 0 aliphatic heterocycles. The lowest BCUT2D eigenvalue weighted by Gasteiger charge is -2.03. The smallest absolute Gasteiger partial charge is 0.133 e. The zero-order valence-electron chi connectivity index (χ0n) is 11.3. The molecule has 0 aliphatic rings. The molecule has 102 valence electrons. The van der Waals surface area contributed by atoms with E-state index < -0.39 is 0 Å². The third-order valence-electron chi connectivity index (χ3n) is 3.07. The summed E-state index contributed by atoms with van der Waals surface area (Å²) < 4.78 is 14.2. The fourth-order valence-electron chi connectivity index (χ4n) is 2.03. The monoisotopic (exact) mass is 276 g/mol. The molecule has 0 N–H and O–H groups in total. The highest BCUT2D eigenvalue weighted by Crippen LogP contribution is 2.27. The van der Waals surface area contributed by atoms with Gasteiger partial charge >= 0.3 is 0 Å². The van der Waals surface area contributed by atoms with Gasteiger partial charge in [-0.1, -0.05) is 48.5 Å². The maximum absolute atomic E-state index is 14.2. The SMILES string of the molecule is Fc1cc(N=Nc2ccccc2)ccc1-c1ccccc1. The molecule has 0 amide bonds. The van der Waals surface area contributed by atoms with Crippen LogP contribution >= 0.6 is 0 Å². The van der Waals surface area contributed by atoms with Gasteiger partial charge in [-0.05, 0) is 29.8 Å². The Bertz CT molecular complexity index is 753. The minimum Gasteiger partial charge on any atom is -0.206 e. The van der Waals surface area contributed by atoms with Crippen molar-refractivity contribution in [3.8, 4) is 11.1 Å². The van der Waals surface area contributed by atoms with E-state index in [-0.39, 0.29) is 5.82 Å². The normalized spacial score (nSPS) is 10.9. The van der Waals surface area contributed by atoms with Gasteiger partial charge in [-0.25, -0.2) is 4.39 Å². The van der Waals surface area contributed by atoms with Crippen LogP contribution in [0.4, 0.5) is 15.8 Å². The first-order valence-corrected chi connectivity index (χ1v) is 6.65. The van der Waals surface area contributed by atoms with Crippen LogP contribution in [0.25, 0.3) is 11.1 Å². The Balaban J connectivity index is 1.87. The van der Waals surface area contributed by atoms with Gasteiger partial charge in [0.1, 0.15) is 5.82 Å². The van der Waals surface area contributed by atoms with Crippen molar-refractivity contribution in [3.05, 3.63) is 84.7 Å². The maximum atomic E-state index is 14.2. The molecule has 0 spiro atoms. The summed E-state index contributed by atoms with van der Waals surface area (Å²) in [7, 11) is 0. The summed E-state index contributed by atoms with van der Waals surface area (Å²) >= 11 is 0. The number of halogens is 1. The summed E-state index contributed by atoms with van der Waals surface area (Å²) in [6.07, 6.45) is 0. The second-order valence-corrected chi connectivity index (χ2v) is 4.57. The van der Waals surface area contributed by atoms with Gasteiger partial charge in [-0.3, -0.25) is 0 Å². The average Bonchev–Trinajstić information content (AvgIpc) is 2.55. The third-order valence-corrected chi connectivity index (χ3v) is 3.07. The van der Waals surface area contributed by atoms with Crippen molar-refractivity contribution in [2.45, 2.75) is 0 Å².